The molecule has 0 aliphatic carbocycles. The zero-order valence-electron chi connectivity index (χ0n) is 16.5. The number of H-pyrrole nitrogens is 1. The quantitative estimate of drug-likeness (QED) is 0.419. The smallest absolute Gasteiger partial charge is 0.278 e. The minimum absolute atomic E-state index is 0.228. The first-order chi connectivity index (χ1) is 15.2. The highest BCUT2D eigenvalue weighted by molar-refractivity contribution is 7.99. The number of aromatic nitrogens is 3. The van der Waals surface area contributed by atoms with Crippen molar-refractivity contribution >= 4 is 17.4 Å². The second-order valence-electron chi connectivity index (χ2n) is 7.12. The van der Waals surface area contributed by atoms with E-state index in [0.717, 1.165) is 16.0 Å². The third-order valence-electron chi connectivity index (χ3n) is 5.12. The largest absolute Gasteiger partial charge is 0.383 e. The van der Waals surface area contributed by atoms with Gasteiger partial charge in [-0.1, -0.05) is 72.4 Å². The van der Waals surface area contributed by atoms with Crippen molar-refractivity contribution in [3.63, 3.8) is 0 Å². The van der Waals surface area contributed by atoms with Crippen LogP contribution in [0.3, 0.4) is 0 Å². The zero-order valence-corrected chi connectivity index (χ0v) is 17.3. The molecule has 0 amide bonds. The van der Waals surface area contributed by atoms with Crippen LogP contribution in [0, 0.1) is 0 Å². The number of aromatic amines is 1. The molecule has 1 atom stereocenters. The molecule has 5 rings (SSSR count). The first-order valence-corrected chi connectivity index (χ1v) is 10.7. The van der Waals surface area contributed by atoms with Crippen LogP contribution in [0.25, 0.3) is 16.8 Å². The summed E-state index contributed by atoms with van der Waals surface area (Å²) < 4.78 is 1.38. The monoisotopic (exact) mass is 425 g/mol. The average Bonchev–Trinajstić information content (AvgIpc) is 3.26. The molecule has 5 nitrogen and oxygen atoms in total. The number of nitrogens with zero attached hydrogens (tertiary/aromatic N) is 2. The Bertz CT molecular complexity index is 1380. The number of nitrogens with one attached hydrogen (secondary N) is 1. The maximum absolute atomic E-state index is 13.0. The number of fused-ring (bicyclic) bond motifs is 1. The molecule has 0 aliphatic rings. The fourth-order valence-electron chi connectivity index (χ4n) is 3.51. The molecule has 0 radical (unpaired) electrons. The Hall–Kier alpha value is -3.61. The maximum Gasteiger partial charge on any atom is 0.278 e. The van der Waals surface area contributed by atoms with Gasteiger partial charge in [0.25, 0.3) is 5.56 Å². The van der Waals surface area contributed by atoms with Crippen molar-refractivity contribution in [1.82, 2.24) is 14.6 Å². The van der Waals surface area contributed by atoms with E-state index in [1.165, 1.54) is 15.6 Å². The van der Waals surface area contributed by atoms with Crippen molar-refractivity contribution in [2.45, 2.75) is 15.9 Å². The lowest BCUT2D eigenvalue weighted by Gasteiger charge is -2.10. The van der Waals surface area contributed by atoms with Gasteiger partial charge in [0.2, 0.25) is 0 Å². The van der Waals surface area contributed by atoms with Crippen molar-refractivity contribution in [2.75, 3.05) is 0 Å². The molecule has 1 unspecified atom stereocenters. The van der Waals surface area contributed by atoms with Crippen LogP contribution in [-0.2, 0) is 0 Å². The molecular weight excluding hydrogens is 406 g/mol. The summed E-state index contributed by atoms with van der Waals surface area (Å²) in [5, 5.41) is 13.6. The standard InChI is InChI=1S/C25H19N3O2S/c29-23(18-7-3-1-4-8-18)22-15-26-24-21(16-27-28(24)25(22)30)17-11-13-20(14-12-17)31-19-9-5-2-6-10-19/h1-16,23,27,29H. The fourth-order valence-corrected chi connectivity index (χ4v) is 4.35. The molecular formula is C25H19N3O2S. The van der Waals surface area contributed by atoms with Crippen molar-refractivity contribution in [3.8, 4) is 11.1 Å². The zero-order chi connectivity index (χ0) is 21.2. The Balaban J connectivity index is 1.46. The van der Waals surface area contributed by atoms with Gasteiger partial charge in [-0.05, 0) is 35.4 Å². The molecule has 0 aliphatic heterocycles. The van der Waals surface area contributed by atoms with Crippen molar-refractivity contribution in [3.05, 3.63) is 119 Å². The van der Waals surface area contributed by atoms with Gasteiger partial charge in [0, 0.05) is 27.7 Å². The second-order valence-corrected chi connectivity index (χ2v) is 8.26. The lowest BCUT2D eigenvalue weighted by atomic mass is 10.0. The van der Waals surface area contributed by atoms with Crippen LogP contribution in [0.1, 0.15) is 17.2 Å². The molecule has 0 saturated carbocycles. The van der Waals surface area contributed by atoms with Gasteiger partial charge in [-0.25, -0.2) is 9.50 Å². The van der Waals surface area contributed by atoms with E-state index in [4.69, 9.17) is 0 Å². The highest BCUT2D eigenvalue weighted by atomic mass is 32.2. The Labute approximate surface area is 183 Å². The van der Waals surface area contributed by atoms with E-state index in [9.17, 15) is 9.90 Å². The normalized spacial score (nSPS) is 12.2. The summed E-state index contributed by atoms with van der Waals surface area (Å²) in [4.78, 5) is 19.8. The minimum atomic E-state index is -1.03. The van der Waals surface area contributed by atoms with E-state index in [-0.39, 0.29) is 11.1 Å². The van der Waals surface area contributed by atoms with E-state index in [1.54, 1.807) is 30.1 Å². The van der Waals surface area contributed by atoms with Crippen LogP contribution < -0.4 is 5.56 Å². The predicted octanol–water partition coefficient (Wildman–Crippen LogP) is 4.92. The molecule has 152 valence electrons. The first-order valence-electron chi connectivity index (χ1n) is 9.86. The Morgan fingerprint density at radius 1 is 0.871 bits per heavy atom. The summed E-state index contributed by atoms with van der Waals surface area (Å²) in [6.45, 7) is 0. The van der Waals surface area contributed by atoms with Gasteiger partial charge in [0.15, 0.2) is 5.65 Å². The number of rotatable bonds is 5. The molecule has 2 aromatic heterocycles. The molecule has 0 saturated heterocycles. The number of benzene rings is 3. The number of hydrogen-bond donors (Lipinski definition) is 2. The molecule has 2 N–H and O–H groups in total. The molecule has 6 heteroatoms. The summed E-state index contributed by atoms with van der Waals surface area (Å²) in [6.07, 6.45) is 2.20. The summed E-state index contributed by atoms with van der Waals surface area (Å²) in [6, 6.07) is 27.5. The third-order valence-corrected chi connectivity index (χ3v) is 6.14. The van der Waals surface area contributed by atoms with E-state index < -0.39 is 6.10 Å². The summed E-state index contributed by atoms with van der Waals surface area (Å²) in [5.41, 5.74) is 2.88. The van der Waals surface area contributed by atoms with Crippen LogP contribution >= 0.6 is 11.8 Å². The predicted molar refractivity (Wildman–Crippen MR) is 122 cm³/mol. The van der Waals surface area contributed by atoms with Gasteiger partial charge >= 0.3 is 0 Å². The summed E-state index contributed by atoms with van der Waals surface area (Å²) >= 11 is 1.70. The molecule has 0 spiro atoms. The maximum atomic E-state index is 13.0. The SMILES string of the molecule is O=c1c(C(O)c2ccccc2)cnc2c(-c3ccc(Sc4ccccc4)cc3)c[nH]n12. The van der Waals surface area contributed by atoms with Gasteiger partial charge in [0.05, 0.1) is 5.56 Å². The van der Waals surface area contributed by atoms with Crippen molar-refractivity contribution in [2.24, 2.45) is 0 Å². The molecule has 31 heavy (non-hydrogen) atoms. The molecule has 0 bridgehead atoms. The number of hydrogen-bond acceptors (Lipinski definition) is 4. The molecule has 5 aromatic rings. The van der Waals surface area contributed by atoms with Gasteiger partial charge in [-0.2, -0.15) is 0 Å². The van der Waals surface area contributed by atoms with Crippen LogP contribution in [-0.4, -0.2) is 19.7 Å². The van der Waals surface area contributed by atoms with Gasteiger partial charge < -0.3 is 5.11 Å². The van der Waals surface area contributed by atoms with Crippen molar-refractivity contribution in [1.29, 1.82) is 0 Å². The van der Waals surface area contributed by atoms with E-state index in [2.05, 4.69) is 34.3 Å². The highest BCUT2D eigenvalue weighted by Gasteiger charge is 2.18. The average molecular weight is 426 g/mol. The minimum Gasteiger partial charge on any atom is -0.383 e. The van der Waals surface area contributed by atoms with E-state index in [0.29, 0.717) is 11.2 Å². The lowest BCUT2D eigenvalue weighted by Crippen LogP contribution is -2.22. The molecule has 2 heterocycles. The molecule has 3 aromatic carbocycles. The van der Waals surface area contributed by atoms with E-state index >= 15 is 0 Å². The number of aliphatic hydroxyl groups is 1. The van der Waals surface area contributed by atoms with Crippen molar-refractivity contribution < 1.29 is 5.11 Å². The Kier molecular flexibility index (Phi) is 5.16. The van der Waals surface area contributed by atoms with Crippen LogP contribution in [0.5, 0.6) is 0 Å². The van der Waals surface area contributed by atoms with Crippen LogP contribution in [0.15, 0.2) is 112 Å². The van der Waals surface area contributed by atoms with Gasteiger partial charge in [-0.15, -0.1) is 0 Å². The van der Waals surface area contributed by atoms with Crippen LogP contribution in [0.4, 0.5) is 0 Å². The van der Waals surface area contributed by atoms with Gasteiger partial charge in [0.1, 0.15) is 6.10 Å². The Morgan fingerprint density at radius 2 is 1.52 bits per heavy atom. The van der Waals surface area contributed by atoms with Gasteiger partial charge in [-0.3, -0.25) is 9.89 Å². The van der Waals surface area contributed by atoms with E-state index in [1.807, 2.05) is 48.5 Å². The third kappa shape index (κ3) is 3.79. The first kappa shape index (κ1) is 19.4. The summed E-state index contributed by atoms with van der Waals surface area (Å²) in [5.74, 6) is 0. The topological polar surface area (TPSA) is 70.4 Å². The lowest BCUT2D eigenvalue weighted by molar-refractivity contribution is 0.218. The number of aliphatic hydroxyl groups excluding tert-OH is 1. The Morgan fingerprint density at radius 3 is 2.23 bits per heavy atom. The highest BCUT2D eigenvalue weighted by Crippen LogP contribution is 2.30. The molecule has 0 fully saturated rings. The summed E-state index contributed by atoms with van der Waals surface area (Å²) in [7, 11) is 0. The second kappa shape index (κ2) is 8.26. The fraction of sp³-hybridized carbons (Fsp3) is 0.0400. The van der Waals surface area contributed by atoms with Crippen LogP contribution in [0.2, 0.25) is 0 Å².